The maximum atomic E-state index is 6.19. The molecule has 0 amide bonds. The fourth-order valence-electron chi connectivity index (χ4n) is 4.80. The van der Waals surface area contributed by atoms with Crippen molar-refractivity contribution in [2.24, 2.45) is 5.92 Å². The number of methoxy groups -OCH3 is 1. The van der Waals surface area contributed by atoms with Crippen LogP contribution in [0.15, 0.2) is 12.2 Å². The van der Waals surface area contributed by atoms with Crippen LogP contribution in [0.25, 0.3) is 0 Å². The Morgan fingerprint density at radius 2 is 1.00 bits per heavy atom. The molecule has 1 atom stereocenters. The molecule has 0 aromatic rings. The highest BCUT2D eigenvalue weighted by atomic mass is 16.9. The second-order valence-electron chi connectivity index (χ2n) is 9.48. The van der Waals surface area contributed by atoms with E-state index in [4.69, 9.17) is 18.9 Å². The molecule has 1 unspecified atom stereocenters. The second kappa shape index (κ2) is 25.7. The second-order valence-corrected chi connectivity index (χ2v) is 9.48. The smallest absolute Gasteiger partial charge is 0.285 e. The molecule has 0 heterocycles. The third kappa shape index (κ3) is 17.9. The van der Waals surface area contributed by atoms with E-state index < -0.39 is 5.97 Å². The van der Waals surface area contributed by atoms with Gasteiger partial charge >= 0.3 is 0 Å². The van der Waals surface area contributed by atoms with Gasteiger partial charge in [0, 0.05) is 39.5 Å². The van der Waals surface area contributed by atoms with Crippen molar-refractivity contribution in [1.82, 2.24) is 0 Å². The third-order valence-corrected chi connectivity index (χ3v) is 6.60. The number of ether oxygens (including phenoxy) is 4. The predicted octanol–water partition coefficient (Wildman–Crippen LogP) is 9.22. The molecule has 4 heteroatoms. The van der Waals surface area contributed by atoms with Crippen molar-refractivity contribution >= 4 is 0 Å². The molecule has 0 saturated heterocycles. The molecule has 204 valence electrons. The van der Waals surface area contributed by atoms with Crippen molar-refractivity contribution < 1.29 is 18.9 Å². The van der Waals surface area contributed by atoms with Crippen LogP contribution in [0, 0.1) is 5.92 Å². The molecular weight excluding hydrogens is 424 g/mol. The summed E-state index contributed by atoms with van der Waals surface area (Å²) in [4.78, 5) is 0. The zero-order chi connectivity index (χ0) is 25.2. The molecule has 4 nitrogen and oxygen atoms in total. The zero-order valence-corrected chi connectivity index (χ0v) is 23.7. The summed E-state index contributed by atoms with van der Waals surface area (Å²) < 4.78 is 23.7. The summed E-state index contributed by atoms with van der Waals surface area (Å²) in [5.41, 5.74) is 0. The van der Waals surface area contributed by atoms with Gasteiger partial charge in [0.1, 0.15) is 0 Å². The van der Waals surface area contributed by atoms with E-state index in [0.29, 0.717) is 25.7 Å². The van der Waals surface area contributed by atoms with Crippen molar-refractivity contribution in [2.75, 3.05) is 33.5 Å². The highest BCUT2D eigenvalue weighted by Gasteiger charge is 2.41. The van der Waals surface area contributed by atoms with Crippen molar-refractivity contribution in [2.45, 2.75) is 143 Å². The van der Waals surface area contributed by atoms with Gasteiger partial charge in [0.15, 0.2) is 0 Å². The summed E-state index contributed by atoms with van der Waals surface area (Å²) in [6.07, 6.45) is 26.2. The Morgan fingerprint density at radius 3 is 1.41 bits per heavy atom. The lowest BCUT2D eigenvalue weighted by atomic mass is 9.91. The van der Waals surface area contributed by atoms with Gasteiger partial charge in [-0.15, -0.1) is 0 Å². The molecule has 34 heavy (non-hydrogen) atoms. The predicted molar refractivity (Wildman–Crippen MR) is 146 cm³/mol. The lowest BCUT2D eigenvalue weighted by Gasteiger charge is -2.39. The Morgan fingerprint density at radius 1 is 0.588 bits per heavy atom. The third-order valence-electron chi connectivity index (χ3n) is 6.60. The molecular formula is C30H60O4. The molecule has 0 aliphatic carbocycles. The molecule has 0 N–H and O–H groups in total. The van der Waals surface area contributed by atoms with Gasteiger partial charge in [0.2, 0.25) is 0 Å². The van der Waals surface area contributed by atoms with Gasteiger partial charge in [-0.05, 0) is 59.8 Å². The lowest BCUT2D eigenvalue weighted by molar-refractivity contribution is -0.403. The number of allylic oxidation sites excluding steroid dienone is 2. The number of hydrogen-bond donors (Lipinski definition) is 0. The van der Waals surface area contributed by atoms with E-state index in [1.807, 2.05) is 20.8 Å². The van der Waals surface area contributed by atoms with E-state index in [2.05, 4.69) is 19.1 Å². The van der Waals surface area contributed by atoms with Crippen LogP contribution in [0.3, 0.4) is 0 Å². The van der Waals surface area contributed by atoms with Crippen LogP contribution >= 0.6 is 0 Å². The first-order chi connectivity index (χ1) is 16.7. The van der Waals surface area contributed by atoms with Crippen molar-refractivity contribution in [3.8, 4) is 0 Å². The number of rotatable bonds is 27. The van der Waals surface area contributed by atoms with Crippen LogP contribution in [0.4, 0.5) is 0 Å². The molecule has 0 fully saturated rings. The normalized spacial score (nSPS) is 13.2. The van der Waals surface area contributed by atoms with E-state index in [-0.39, 0.29) is 0 Å². The van der Waals surface area contributed by atoms with E-state index in [1.54, 1.807) is 7.11 Å². The van der Waals surface area contributed by atoms with Gasteiger partial charge in [-0.3, -0.25) is 0 Å². The van der Waals surface area contributed by atoms with Gasteiger partial charge in [-0.2, -0.15) is 0 Å². The van der Waals surface area contributed by atoms with E-state index >= 15 is 0 Å². The molecule has 0 aromatic carbocycles. The monoisotopic (exact) mass is 484 g/mol. The minimum atomic E-state index is -0.869. The van der Waals surface area contributed by atoms with Crippen molar-refractivity contribution in [3.05, 3.63) is 12.2 Å². The average Bonchev–Trinajstić information content (AvgIpc) is 2.83. The van der Waals surface area contributed by atoms with E-state index in [0.717, 1.165) is 19.4 Å². The van der Waals surface area contributed by atoms with Crippen LogP contribution in [-0.2, 0) is 18.9 Å². The Bertz CT molecular complexity index is 407. The summed E-state index contributed by atoms with van der Waals surface area (Å²) in [5, 5.41) is 0. The van der Waals surface area contributed by atoms with Gasteiger partial charge < -0.3 is 18.9 Å². The van der Waals surface area contributed by atoms with Crippen LogP contribution < -0.4 is 0 Å². The zero-order valence-electron chi connectivity index (χ0n) is 23.7. The Balaban J connectivity index is 4.49. The SMILES string of the molecule is CC=CCCCCCCCCC(CCCCCCCCCCOC)C(OCC)(OCC)OCC. The number of unbranched alkanes of at least 4 members (excludes halogenated alkanes) is 13. The molecule has 0 bridgehead atoms. The van der Waals surface area contributed by atoms with Crippen LogP contribution in [0.1, 0.15) is 137 Å². The van der Waals surface area contributed by atoms with Gasteiger partial charge in [0.25, 0.3) is 5.97 Å². The number of hydrogen-bond acceptors (Lipinski definition) is 4. The van der Waals surface area contributed by atoms with Crippen molar-refractivity contribution in [3.63, 3.8) is 0 Å². The molecule has 0 saturated carbocycles. The van der Waals surface area contributed by atoms with E-state index in [9.17, 15) is 0 Å². The summed E-state index contributed by atoms with van der Waals surface area (Å²) in [6.45, 7) is 11.0. The average molecular weight is 485 g/mol. The maximum Gasteiger partial charge on any atom is 0.285 e. The molecule has 0 radical (unpaired) electrons. The summed E-state index contributed by atoms with van der Waals surface area (Å²) in [7, 11) is 1.79. The van der Waals surface area contributed by atoms with Gasteiger partial charge in [0.05, 0.1) is 0 Å². The lowest BCUT2D eigenvalue weighted by Crippen LogP contribution is -2.46. The van der Waals surface area contributed by atoms with Gasteiger partial charge in [-0.25, -0.2) is 0 Å². The first kappa shape index (κ1) is 33.6. The molecule has 0 aromatic heterocycles. The highest BCUT2D eigenvalue weighted by molar-refractivity contribution is 4.76. The van der Waals surface area contributed by atoms with Crippen LogP contribution in [0.5, 0.6) is 0 Å². The maximum absolute atomic E-state index is 6.19. The largest absolute Gasteiger partial charge is 0.385 e. The summed E-state index contributed by atoms with van der Waals surface area (Å²) in [6, 6.07) is 0. The first-order valence-electron chi connectivity index (χ1n) is 14.7. The summed E-state index contributed by atoms with van der Waals surface area (Å²) in [5.74, 6) is -0.567. The summed E-state index contributed by atoms with van der Waals surface area (Å²) >= 11 is 0. The quantitative estimate of drug-likeness (QED) is 0.0661. The minimum Gasteiger partial charge on any atom is -0.385 e. The topological polar surface area (TPSA) is 36.9 Å². The van der Waals surface area contributed by atoms with E-state index in [1.165, 1.54) is 96.3 Å². The Kier molecular flexibility index (Phi) is 25.3. The Hall–Kier alpha value is -0.420. The molecule has 0 spiro atoms. The molecule has 0 aliphatic rings. The fraction of sp³-hybridized carbons (Fsp3) is 0.933. The van der Waals surface area contributed by atoms with Gasteiger partial charge in [-0.1, -0.05) is 89.2 Å². The fourth-order valence-corrected chi connectivity index (χ4v) is 4.80. The molecule has 0 rings (SSSR count). The van der Waals surface area contributed by atoms with Crippen LogP contribution in [-0.4, -0.2) is 39.5 Å². The van der Waals surface area contributed by atoms with Crippen molar-refractivity contribution in [1.29, 1.82) is 0 Å². The highest BCUT2D eigenvalue weighted by Crippen LogP contribution is 2.34. The molecule has 0 aliphatic heterocycles. The standard InChI is InChI=1S/C30H60O4/c1-6-10-11-12-13-14-17-20-23-26-29(30(32-7-2,33-8-3)34-9-4)27-24-21-18-15-16-19-22-25-28-31-5/h6,10,29H,7-9,11-28H2,1-5H3. The minimum absolute atomic E-state index is 0.302. The van der Waals surface area contributed by atoms with Crippen LogP contribution in [0.2, 0.25) is 0 Å². The Labute approximate surface area is 213 Å². The first-order valence-corrected chi connectivity index (χ1v) is 14.7.